The highest BCUT2D eigenvalue weighted by atomic mass is 16.2. The molecular weight excluding hydrogens is 210 g/mol. The summed E-state index contributed by atoms with van der Waals surface area (Å²) in [6.07, 6.45) is 0.690. The van der Waals surface area contributed by atoms with Crippen LogP contribution in [0.5, 0.6) is 0 Å². The minimum Gasteiger partial charge on any atom is -0.354 e. The molecule has 6 heteroatoms. The first-order valence-corrected chi connectivity index (χ1v) is 5.39. The number of imide groups is 1. The molecule has 90 valence electrons. The summed E-state index contributed by atoms with van der Waals surface area (Å²) in [6, 6.07) is -0.499. The van der Waals surface area contributed by atoms with Crippen LogP contribution < -0.4 is 10.6 Å². The highest BCUT2D eigenvalue weighted by Gasteiger charge is 2.54. The van der Waals surface area contributed by atoms with Crippen molar-refractivity contribution in [2.24, 2.45) is 0 Å². The topological polar surface area (TPSA) is 78.5 Å². The van der Waals surface area contributed by atoms with Gasteiger partial charge in [0.2, 0.25) is 0 Å². The van der Waals surface area contributed by atoms with Crippen molar-refractivity contribution in [2.75, 3.05) is 13.1 Å². The summed E-state index contributed by atoms with van der Waals surface area (Å²) in [4.78, 5) is 36.3. The van der Waals surface area contributed by atoms with Crippen molar-refractivity contribution in [3.8, 4) is 0 Å². The van der Waals surface area contributed by atoms with Gasteiger partial charge in [0.05, 0.1) is 0 Å². The van der Waals surface area contributed by atoms with Gasteiger partial charge in [0, 0.05) is 13.1 Å². The smallest absolute Gasteiger partial charge is 0.325 e. The first-order valence-electron chi connectivity index (χ1n) is 5.39. The standard InChI is InChI=1S/C10H17N3O3/c1-4-6-13-9(16)12-8(15)10(13,3)7(14)11-5-2/h4-6H2,1-3H3,(H,11,14)(H,12,15,16). The summed E-state index contributed by atoms with van der Waals surface area (Å²) < 4.78 is 0. The van der Waals surface area contributed by atoms with Gasteiger partial charge in [0.1, 0.15) is 0 Å². The van der Waals surface area contributed by atoms with Gasteiger partial charge in [-0.15, -0.1) is 0 Å². The predicted octanol–water partition coefficient (Wildman–Crippen LogP) is -0.157. The second-order valence-corrected chi connectivity index (χ2v) is 3.84. The molecule has 1 fully saturated rings. The lowest BCUT2D eigenvalue weighted by molar-refractivity contribution is -0.139. The molecule has 0 radical (unpaired) electrons. The number of rotatable bonds is 4. The van der Waals surface area contributed by atoms with Gasteiger partial charge in [-0.05, 0) is 20.3 Å². The quantitative estimate of drug-likeness (QED) is 0.517. The largest absolute Gasteiger partial charge is 0.354 e. The van der Waals surface area contributed by atoms with Crippen molar-refractivity contribution in [3.63, 3.8) is 0 Å². The highest BCUT2D eigenvalue weighted by Crippen LogP contribution is 2.22. The minimum atomic E-state index is -1.41. The number of carbonyl (C=O) groups is 3. The molecule has 2 N–H and O–H groups in total. The highest BCUT2D eigenvalue weighted by molar-refractivity contribution is 6.19. The summed E-state index contributed by atoms with van der Waals surface area (Å²) in [5.74, 6) is -0.997. The number of carbonyl (C=O) groups excluding carboxylic acids is 3. The van der Waals surface area contributed by atoms with E-state index in [9.17, 15) is 14.4 Å². The average molecular weight is 227 g/mol. The van der Waals surface area contributed by atoms with Gasteiger partial charge in [-0.1, -0.05) is 6.92 Å². The van der Waals surface area contributed by atoms with Crippen LogP contribution in [0.15, 0.2) is 0 Å². The van der Waals surface area contributed by atoms with E-state index in [0.29, 0.717) is 19.5 Å². The molecule has 0 bridgehead atoms. The lowest BCUT2D eigenvalue weighted by Crippen LogP contribution is -2.58. The fraction of sp³-hybridized carbons (Fsp3) is 0.700. The number of likely N-dealkylation sites (N-methyl/N-ethyl adjacent to an activating group) is 1. The Bertz CT molecular complexity index is 329. The van der Waals surface area contributed by atoms with Crippen molar-refractivity contribution in [3.05, 3.63) is 0 Å². The molecular formula is C10H17N3O3. The third-order valence-corrected chi connectivity index (χ3v) is 2.67. The Balaban J connectivity index is 3.00. The van der Waals surface area contributed by atoms with E-state index in [2.05, 4.69) is 10.6 Å². The molecule has 1 aliphatic heterocycles. The van der Waals surface area contributed by atoms with Gasteiger partial charge in [-0.25, -0.2) is 4.79 Å². The van der Waals surface area contributed by atoms with Gasteiger partial charge in [-0.3, -0.25) is 14.9 Å². The van der Waals surface area contributed by atoms with Crippen LogP contribution >= 0.6 is 0 Å². The molecule has 4 amide bonds. The third kappa shape index (κ3) is 1.75. The Labute approximate surface area is 94.4 Å². The molecule has 16 heavy (non-hydrogen) atoms. The Morgan fingerprint density at radius 2 is 2.06 bits per heavy atom. The molecule has 6 nitrogen and oxygen atoms in total. The van der Waals surface area contributed by atoms with E-state index in [0.717, 1.165) is 0 Å². The number of urea groups is 1. The van der Waals surface area contributed by atoms with Crippen molar-refractivity contribution < 1.29 is 14.4 Å². The van der Waals surface area contributed by atoms with E-state index < -0.39 is 23.4 Å². The summed E-state index contributed by atoms with van der Waals surface area (Å²) in [5, 5.41) is 4.74. The fourth-order valence-electron chi connectivity index (χ4n) is 1.72. The second-order valence-electron chi connectivity index (χ2n) is 3.84. The molecule has 1 rings (SSSR count). The van der Waals surface area contributed by atoms with Gasteiger partial charge in [-0.2, -0.15) is 0 Å². The van der Waals surface area contributed by atoms with Crippen LogP contribution in [-0.2, 0) is 9.59 Å². The van der Waals surface area contributed by atoms with Gasteiger partial charge in [0.15, 0.2) is 5.54 Å². The number of hydrogen-bond donors (Lipinski definition) is 2. The second kappa shape index (κ2) is 4.51. The Hall–Kier alpha value is -1.59. The molecule has 0 aromatic rings. The Morgan fingerprint density at radius 1 is 1.44 bits per heavy atom. The summed E-state index contributed by atoms with van der Waals surface area (Å²) in [6.45, 7) is 5.92. The van der Waals surface area contributed by atoms with Crippen LogP contribution in [0, 0.1) is 0 Å². The fourth-order valence-corrected chi connectivity index (χ4v) is 1.72. The molecule has 0 aliphatic carbocycles. The zero-order valence-electron chi connectivity index (χ0n) is 9.79. The molecule has 0 aromatic heterocycles. The van der Waals surface area contributed by atoms with E-state index in [1.807, 2.05) is 6.92 Å². The lowest BCUT2D eigenvalue weighted by Gasteiger charge is -2.29. The van der Waals surface area contributed by atoms with Crippen molar-refractivity contribution in [2.45, 2.75) is 32.7 Å². The van der Waals surface area contributed by atoms with Crippen LogP contribution in [0.4, 0.5) is 4.79 Å². The number of nitrogens with one attached hydrogen (secondary N) is 2. The van der Waals surface area contributed by atoms with Crippen LogP contribution in [0.25, 0.3) is 0 Å². The van der Waals surface area contributed by atoms with Crippen molar-refractivity contribution in [1.82, 2.24) is 15.5 Å². The van der Waals surface area contributed by atoms with Crippen LogP contribution in [0.1, 0.15) is 27.2 Å². The average Bonchev–Trinajstić information content (AvgIpc) is 2.44. The summed E-state index contributed by atoms with van der Waals surface area (Å²) >= 11 is 0. The number of hydrogen-bond acceptors (Lipinski definition) is 3. The monoisotopic (exact) mass is 227 g/mol. The summed E-state index contributed by atoms with van der Waals surface area (Å²) in [5.41, 5.74) is -1.41. The van der Waals surface area contributed by atoms with Crippen molar-refractivity contribution in [1.29, 1.82) is 0 Å². The normalized spacial score (nSPS) is 24.6. The molecule has 0 aromatic carbocycles. The van der Waals surface area contributed by atoms with Crippen LogP contribution in [0.2, 0.25) is 0 Å². The molecule has 1 heterocycles. The zero-order valence-corrected chi connectivity index (χ0v) is 9.79. The van der Waals surface area contributed by atoms with Crippen LogP contribution in [-0.4, -0.2) is 41.4 Å². The predicted molar refractivity (Wildman–Crippen MR) is 57.6 cm³/mol. The Morgan fingerprint density at radius 3 is 2.56 bits per heavy atom. The molecule has 1 unspecified atom stereocenters. The molecule has 1 aliphatic rings. The molecule has 0 spiro atoms. The van der Waals surface area contributed by atoms with E-state index >= 15 is 0 Å². The third-order valence-electron chi connectivity index (χ3n) is 2.67. The molecule has 1 atom stereocenters. The maximum atomic E-state index is 11.8. The van der Waals surface area contributed by atoms with Crippen molar-refractivity contribution >= 4 is 17.8 Å². The maximum Gasteiger partial charge on any atom is 0.325 e. The Kier molecular flexibility index (Phi) is 3.51. The first kappa shape index (κ1) is 12.5. The van der Waals surface area contributed by atoms with E-state index in [-0.39, 0.29) is 0 Å². The zero-order chi connectivity index (χ0) is 12.3. The minimum absolute atomic E-state index is 0.380. The molecule has 1 saturated heterocycles. The first-order chi connectivity index (χ1) is 7.48. The SMILES string of the molecule is CCCN1C(=O)NC(=O)C1(C)C(=O)NCC. The molecule has 0 saturated carbocycles. The lowest BCUT2D eigenvalue weighted by atomic mass is 9.99. The van der Waals surface area contributed by atoms with Gasteiger partial charge >= 0.3 is 6.03 Å². The number of nitrogens with zero attached hydrogens (tertiary/aromatic N) is 1. The maximum absolute atomic E-state index is 11.8. The van der Waals surface area contributed by atoms with Gasteiger partial charge in [0.25, 0.3) is 11.8 Å². The van der Waals surface area contributed by atoms with E-state index in [1.54, 1.807) is 6.92 Å². The van der Waals surface area contributed by atoms with E-state index in [4.69, 9.17) is 0 Å². The van der Waals surface area contributed by atoms with Gasteiger partial charge < -0.3 is 10.2 Å². The van der Waals surface area contributed by atoms with Crippen LogP contribution in [0.3, 0.4) is 0 Å². The number of amides is 4. The summed E-state index contributed by atoms with van der Waals surface area (Å²) in [7, 11) is 0. The van der Waals surface area contributed by atoms with E-state index in [1.165, 1.54) is 11.8 Å².